The van der Waals surface area contributed by atoms with Crippen LogP contribution in [0.5, 0.6) is 0 Å². The van der Waals surface area contributed by atoms with Crippen molar-refractivity contribution < 1.29 is 0 Å². The Balaban J connectivity index is 1.42. The van der Waals surface area contributed by atoms with Crippen LogP contribution in [-0.2, 0) is 29.1 Å². The number of hydrogen-bond donors (Lipinski definition) is 0. The second-order valence-corrected chi connectivity index (χ2v) is 15.5. The zero-order valence-electron chi connectivity index (χ0n) is 27.7. The number of fused-ring (bicyclic) bond motifs is 10. The molecule has 1 heterocycles. The van der Waals surface area contributed by atoms with Crippen LogP contribution in [-0.4, -0.2) is 0 Å². The quantitative estimate of drug-likeness (QED) is 0.169. The Morgan fingerprint density at radius 2 is 0.875 bits per heavy atom. The normalized spacial score (nSPS) is 17.2. The van der Waals surface area contributed by atoms with Gasteiger partial charge < -0.3 is 4.90 Å². The Morgan fingerprint density at radius 1 is 0.438 bits per heavy atom. The van der Waals surface area contributed by atoms with Gasteiger partial charge in [0.05, 0.1) is 26.8 Å². The Bertz CT molecular complexity index is 2190. The second kappa shape index (κ2) is 10.3. The van der Waals surface area contributed by atoms with Crippen molar-refractivity contribution in [3.8, 4) is 0 Å². The van der Waals surface area contributed by atoms with Crippen LogP contribution in [0.15, 0.2) is 127 Å². The van der Waals surface area contributed by atoms with E-state index in [0.29, 0.717) is 10.0 Å². The topological polar surface area (TPSA) is 3.24 Å². The molecule has 0 fully saturated rings. The Morgan fingerprint density at radius 3 is 1.46 bits per heavy atom. The van der Waals surface area contributed by atoms with E-state index >= 15 is 0 Å². The van der Waals surface area contributed by atoms with E-state index in [-0.39, 0.29) is 10.8 Å². The van der Waals surface area contributed by atoms with Crippen LogP contribution in [0.3, 0.4) is 0 Å². The van der Waals surface area contributed by atoms with Crippen LogP contribution < -0.4 is 4.90 Å². The highest BCUT2D eigenvalue weighted by atomic mass is 35.5. The SMILES string of the molecule is CC1(C)c2ccccc2N(c2ccc3c(c2)C2(c4cc(Cl)c(Cl)cc4CC3)c3ccccc3C(C)(C)c3ccccc32)c2ccccc21. The summed E-state index contributed by atoms with van der Waals surface area (Å²) in [7, 11) is 0. The van der Waals surface area contributed by atoms with Gasteiger partial charge in [0.25, 0.3) is 0 Å². The first-order valence-corrected chi connectivity index (χ1v) is 17.7. The van der Waals surface area contributed by atoms with Gasteiger partial charge in [0.15, 0.2) is 0 Å². The molecule has 0 atom stereocenters. The molecule has 6 aromatic rings. The van der Waals surface area contributed by atoms with E-state index in [0.717, 1.165) is 18.5 Å². The second-order valence-electron chi connectivity index (χ2n) is 14.7. The zero-order valence-corrected chi connectivity index (χ0v) is 29.3. The minimum absolute atomic E-state index is 0.127. The van der Waals surface area contributed by atoms with Crippen molar-refractivity contribution in [3.05, 3.63) is 193 Å². The predicted octanol–water partition coefficient (Wildman–Crippen LogP) is 12.2. The smallest absolute Gasteiger partial charge is 0.0714 e. The van der Waals surface area contributed by atoms with Gasteiger partial charge in [-0.1, -0.05) is 142 Å². The molecule has 0 bridgehead atoms. The minimum atomic E-state index is -0.595. The fourth-order valence-corrected chi connectivity index (χ4v) is 9.71. The van der Waals surface area contributed by atoms with Gasteiger partial charge in [-0.05, 0) is 105 Å². The van der Waals surface area contributed by atoms with E-state index in [1.165, 1.54) is 67.0 Å². The summed E-state index contributed by atoms with van der Waals surface area (Å²) < 4.78 is 0. The third kappa shape index (κ3) is 3.86. The highest BCUT2D eigenvalue weighted by Gasteiger charge is 2.51. The molecule has 3 aliphatic rings. The van der Waals surface area contributed by atoms with Gasteiger partial charge in [0.1, 0.15) is 0 Å². The van der Waals surface area contributed by atoms with Crippen molar-refractivity contribution in [1.29, 1.82) is 0 Å². The highest BCUT2D eigenvalue weighted by molar-refractivity contribution is 6.42. The number of rotatable bonds is 1. The van der Waals surface area contributed by atoms with Gasteiger partial charge in [0, 0.05) is 16.5 Å². The number of nitrogens with zero attached hydrogens (tertiary/aromatic N) is 1. The van der Waals surface area contributed by atoms with E-state index in [1.54, 1.807) is 0 Å². The Kier molecular flexibility index (Phi) is 6.43. The monoisotopic (exact) mass is 661 g/mol. The van der Waals surface area contributed by atoms with Crippen LogP contribution in [0.4, 0.5) is 17.1 Å². The molecular weight excluding hydrogens is 625 g/mol. The molecule has 9 rings (SSSR count). The summed E-state index contributed by atoms with van der Waals surface area (Å²) in [5.41, 5.74) is 15.8. The molecule has 2 aliphatic carbocycles. The molecule has 6 aromatic carbocycles. The summed E-state index contributed by atoms with van der Waals surface area (Å²) in [6.07, 6.45) is 1.80. The standard InChI is InChI=1S/C45H37Cl2N/c1-43(2)31-13-5-7-15-33(31)45(34-16-8-6-14-32(34)43)37-26-30(24-23-28(37)21-22-29-25-39(46)40(47)27-38(29)45)48-41-19-11-9-17-35(41)44(3,4)36-18-10-12-20-42(36)48/h5-20,23-27H,21-22H2,1-4H3. The lowest BCUT2D eigenvalue weighted by Gasteiger charge is -2.49. The Hall–Kier alpha value is -4.30. The number of para-hydroxylation sites is 2. The Labute approximate surface area is 293 Å². The first-order chi connectivity index (χ1) is 23.1. The van der Waals surface area contributed by atoms with Crippen LogP contribution >= 0.6 is 23.2 Å². The molecular formula is C45H37Cl2N. The largest absolute Gasteiger partial charge is 0.310 e. The van der Waals surface area contributed by atoms with Crippen molar-refractivity contribution >= 4 is 40.3 Å². The lowest BCUT2D eigenvalue weighted by atomic mass is 9.53. The summed E-state index contributed by atoms with van der Waals surface area (Å²) in [4.78, 5) is 2.48. The number of hydrogen-bond acceptors (Lipinski definition) is 1. The van der Waals surface area contributed by atoms with Crippen molar-refractivity contribution in [2.45, 2.75) is 56.8 Å². The molecule has 236 valence electrons. The van der Waals surface area contributed by atoms with E-state index in [9.17, 15) is 0 Å². The third-order valence-electron chi connectivity index (χ3n) is 11.6. The lowest BCUT2D eigenvalue weighted by molar-refractivity contribution is 0.557. The zero-order chi connectivity index (χ0) is 33.0. The van der Waals surface area contributed by atoms with Crippen molar-refractivity contribution in [1.82, 2.24) is 0 Å². The summed E-state index contributed by atoms with van der Waals surface area (Å²) in [5, 5.41) is 1.20. The molecule has 1 nitrogen and oxygen atoms in total. The summed E-state index contributed by atoms with van der Waals surface area (Å²) in [5.74, 6) is 0. The van der Waals surface area contributed by atoms with E-state index in [2.05, 4.69) is 160 Å². The molecule has 0 radical (unpaired) electrons. The molecule has 1 aliphatic heterocycles. The molecule has 0 amide bonds. The van der Waals surface area contributed by atoms with Gasteiger partial charge in [-0.25, -0.2) is 0 Å². The molecule has 3 heteroatoms. The van der Waals surface area contributed by atoms with E-state index in [1.807, 2.05) is 0 Å². The fraction of sp³-hybridized carbons (Fsp3) is 0.200. The van der Waals surface area contributed by atoms with Crippen molar-refractivity contribution in [3.63, 3.8) is 0 Å². The molecule has 1 spiro atoms. The maximum absolute atomic E-state index is 6.99. The number of aryl methyl sites for hydroxylation is 2. The van der Waals surface area contributed by atoms with Crippen molar-refractivity contribution in [2.75, 3.05) is 4.90 Å². The molecule has 48 heavy (non-hydrogen) atoms. The molecule has 0 unspecified atom stereocenters. The number of anilines is 3. The van der Waals surface area contributed by atoms with Crippen LogP contribution in [0, 0.1) is 0 Å². The summed E-state index contributed by atoms with van der Waals surface area (Å²) in [6, 6.07) is 47.5. The van der Waals surface area contributed by atoms with Crippen molar-refractivity contribution in [2.24, 2.45) is 0 Å². The average molecular weight is 663 g/mol. The minimum Gasteiger partial charge on any atom is -0.310 e. The van der Waals surface area contributed by atoms with E-state index in [4.69, 9.17) is 23.2 Å². The lowest BCUT2D eigenvalue weighted by Crippen LogP contribution is -2.42. The average Bonchev–Trinajstić information content (AvgIpc) is 3.23. The van der Waals surface area contributed by atoms with Gasteiger partial charge in [0.2, 0.25) is 0 Å². The first-order valence-electron chi connectivity index (χ1n) is 17.0. The van der Waals surface area contributed by atoms with Crippen LogP contribution in [0.1, 0.15) is 83.3 Å². The van der Waals surface area contributed by atoms with E-state index < -0.39 is 5.41 Å². The van der Waals surface area contributed by atoms with Crippen LogP contribution in [0.25, 0.3) is 0 Å². The first kappa shape index (κ1) is 29.8. The molecule has 0 N–H and O–H groups in total. The maximum Gasteiger partial charge on any atom is 0.0714 e. The summed E-state index contributed by atoms with van der Waals surface area (Å²) in [6.45, 7) is 9.42. The molecule has 0 saturated heterocycles. The van der Waals surface area contributed by atoms with Crippen LogP contribution in [0.2, 0.25) is 10.0 Å². The van der Waals surface area contributed by atoms with Gasteiger partial charge in [-0.15, -0.1) is 0 Å². The number of benzene rings is 6. The van der Waals surface area contributed by atoms with Gasteiger partial charge >= 0.3 is 0 Å². The molecule has 0 saturated carbocycles. The third-order valence-corrected chi connectivity index (χ3v) is 12.3. The fourth-order valence-electron chi connectivity index (χ4n) is 9.36. The predicted molar refractivity (Wildman–Crippen MR) is 201 cm³/mol. The van der Waals surface area contributed by atoms with Gasteiger partial charge in [-0.2, -0.15) is 0 Å². The number of halogens is 2. The highest BCUT2D eigenvalue weighted by Crippen LogP contribution is 2.60. The summed E-state index contributed by atoms with van der Waals surface area (Å²) >= 11 is 13.8. The molecule has 0 aromatic heterocycles. The maximum atomic E-state index is 6.99. The van der Waals surface area contributed by atoms with Gasteiger partial charge in [-0.3, -0.25) is 0 Å².